The van der Waals surface area contributed by atoms with Crippen molar-refractivity contribution in [1.29, 1.82) is 0 Å². The Labute approximate surface area is 199 Å². The standard InChI is InChI=1S/C25H26F6N2O2/c26-24(27,28)19-13-18(14-20(15-19)25(29,30)31)23(34)33-7-6-21(32-8-10-35-11-9-32)16-22(33)12-17-4-2-1-3-5-17/h1-5,13-15,21-22H,6-12,16H2/t21-,22+/m0/s1. The second-order valence-electron chi connectivity index (χ2n) is 8.96. The highest BCUT2D eigenvalue weighted by atomic mass is 19.4. The third kappa shape index (κ3) is 6.16. The largest absolute Gasteiger partial charge is 0.416 e. The normalized spacial score (nSPS) is 22.3. The van der Waals surface area contributed by atoms with Crippen LogP contribution in [0.15, 0.2) is 48.5 Å². The second-order valence-corrected chi connectivity index (χ2v) is 8.96. The number of hydrogen-bond acceptors (Lipinski definition) is 3. The molecule has 0 aromatic heterocycles. The Morgan fingerprint density at radius 2 is 1.49 bits per heavy atom. The van der Waals surface area contributed by atoms with Gasteiger partial charge in [0.2, 0.25) is 0 Å². The van der Waals surface area contributed by atoms with Crippen molar-refractivity contribution in [3.63, 3.8) is 0 Å². The predicted molar refractivity (Wildman–Crippen MR) is 117 cm³/mol. The van der Waals surface area contributed by atoms with Gasteiger partial charge < -0.3 is 9.64 Å². The summed E-state index contributed by atoms with van der Waals surface area (Å²) in [4.78, 5) is 17.1. The molecule has 0 bridgehead atoms. The first-order chi connectivity index (χ1) is 16.5. The summed E-state index contributed by atoms with van der Waals surface area (Å²) in [5.41, 5.74) is -2.63. The summed E-state index contributed by atoms with van der Waals surface area (Å²) in [6.45, 7) is 2.95. The van der Waals surface area contributed by atoms with Gasteiger partial charge in [0.1, 0.15) is 0 Å². The van der Waals surface area contributed by atoms with Crippen molar-refractivity contribution in [3.8, 4) is 0 Å². The van der Waals surface area contributed by atoms with Crippen molar-refractivity contribution in [3.05, 3.63) is 70.8 Å². The van der Waals surface area contributed by atoms with Crippen LogP contribution in [0.25, 0.3) is 0 Å². The number of nitrogens with zero attached hydrogens (tertiary/aromatic N) is 2. The SMILES string of the molecule is O=C(c1cc(C(F)(F)F)cc(C(F)(F)F)c1)N1CC[C@H](N2CCOCC2)C[C@H]1Cc1ccccc1. The van der Waals surface area contributed by atoms with E-state index >= 15 is 0 Å². The minimum Gasteiger partial charge on any atom is -0.379 e. The van der Waals surface area contributed by atoms with Crippen LogP contribution in [0.5, 0.6) is 0 Å². The number of morpholine rings is 1. The summed E-state index contributed by atoms with van der Waals surface area (Å²) in [6, 6.07) is 10.2. The fourth-order valence-corrected chi connectivity index (χ4v) is 4.90. The van der Waals surface area contributed by atoms with Crippen molar-refractivity contribution in [2.75, 3.05) is 32.8 Å². The molecule has 4 rings (SSSR count). The van der Waals surface area contributed by atoms with E-state index in [1.54, 1.807) is 0 Å². The number of hydrogen-bond donors (Lipinski definition) is 0. The van der Waals surface area contributed by atoms with Gasteiger partial charge in [-0.25, -0.2) is 0 Å². The van der Waals surface area contributed by atoms with E-state index in [4.69, 9.17) is 4.74 Å². The molecule has 2 fully saturated rings. The van der Waals surface area contributed by atoms with Crippen molar-refractivity contribution in [2.45, 2.75) is 43.7 Å². The monoisotopic (exact) mass is 500 g/mol. The van der Waals surface area contributed by atoms with Crippen molar-refractivity contribution < 1.29 is 35.9 Å². The molecule has 2 aromatic carbocycles. The van der Waals surface area contributed by atoms with E-state index in [0.29, 0.717) is 44.6 Å². The first kappa shape index (κ1) is 25.5. The number of benzene rings is 2. The lowest BCUT2D eigenvalue weighted by atomic mass is 9.90. The van der Waals surface area contributed by atoms with Crippen LogP contribution in [0, 0.1) is 0 Å². The number of carbonyl (C=O) groups is 1. The topological polar surface area (TPSA) is 32.8 Å². The van der Waals surface area contributed by atoms with Crippen LogP contribution in [0.1, 0.15) is 39.9 Å². The van der Waals surface area contributed by atoms with E-state index in [2.05, 4.69) is 4.90 Å². The smallest absolute Gasteiger partial charge is 0.379 e. The highest BCUT2D eigenvalue weighted by Crippen LogP contribution is 2.37. The Hall–Kier alpha value is -2.59. The number of likely N-dealkylation sites (tertiary alicyclic amines) is 1. The molecule has 0 N–H and O–H groups in total. The summed E-state index contributed by atoms with van der Waals surface area (Å²) >= 11 is 0. The minimum atomic E-state index is -5.01. The number of halogens is 6. The molecule has 4 nitrogen and oxygen atoms in total. The quantitative estimate of drug-likeness (QED) is 0.537. The third-order valence-electron chi connectivity index (χ3n) is 6.66. The summed E-state index contributed by atoms with van der Waals surface area (Å²) in [5, 5.41) is 0. The number of rotatable bonds is 4. The molecular weight excluding hydrogens is 474 g/mol. The van der Waals surface area contributed by atoms with E-state index < -0.39 is 35.0 Å². The molecule has 0 aliphatic carbocycles. The number of ether oxygens (including phenoxy) is 1. The van der Waals surface area contributed by atoms with Gasteiger partial charge in [-0.3, -0.25) is 9.69 Å². The number of piperidine rings is 1. The van der Waals surface area contributed by atoms with E-state index in [9.17, 15) is 31.1 Å². The molecule has 2 saturated heterocycles. The summed E-state index contributed by atoms with van der Waals surface area (Å²) < 4.78 is 85.5. The Bertz CT molecular complexity index is 987. The first-order valence-electron chi connectivity index (χ1n) is 11.5. The molecule has 0 saturated carbocycles. The zero-order valence-corrected chi connectivity index (χ0v) is 18.9. The number of carbonyl (C=O) groups excluding carboxylic acids is 1. The molecule has 190 valence electrons. The van der Waals surface area contributed by atoms with Crippen molar-refractivity contribution >= 4 is 5.91 Å². The van der Waals surface area contributed by atoms with Gasteiger partial charge in [-0.1, -0.05) is 30.3 Å². The maximum atomic E-state index is 13.4. The fourth-order valence-electron chi connectivity index (χ4n) is 4.90. The molecule has 0 radical (unpaired) electrons. The van der Waals surface area contributed by atoms with Crippen molar-refractivity contribution in [1.82, 2.24) is 9.80 Å². The lowest BCUT2D eigenvalue weighted by molar-refractivity contribution is -0.143. The molecule has 0 spiro atoms. The zero-order chi connectivity index (χ0) is 25.2. The van der Waals surface area contributed by atoms with E-state index in [1.807, 2.05) is 30.3 Å². The van der Waals surface area contributed by atoms with Crippen LogP contribution in [-0.4, -0.2) is 60.6 Å². The number of amides is 1. The summed E-state index contributed by atoms with van der Waals surface area (Å²) in [5.74, 6) is -0.817. The Morgan fingerprint density at radius 3 is 2.06 bits per heavy atom. The van der Waals surface area contributed by atoms with Gasteiger partial charge in [0.25, 0.3) is 5.91 Å². The summed E-state index contributed by atoms with van der Waals surface area (Å²) in [7, 11) is 0. The van der Waals surface area contributed by atoms with Crippen LogP contribution >= 0.6 is 0 Å². The van der Waals surface area contributed by atoms with Gasteiger partial charge in [0.05, 0.1) is 24.3 Å². The van der Waals surface area contributed by atoms with Gasteiger partial charge in [-0.15, -0.1) is 0 Å². The molecular formula is C25H26F6N2O2. The van der Waals surface area contributed by atoms with Crippen molar-refractivity contribution in [2.24, 2.45) is 0 Å². The zero-order valence-electron chi connectivity index (χ0n) is 18.9. The van der Waals surface area contributed by atoms with Crippen LogP contribution in [-0.2, 0) is 23.5 Å². The van der Waals surface area contributed by atoms with Gasteiger partial charge in [0, 0.05) is 37.3 Å². The summed E-state index contributed by atoms with van der Waals surface area (Å²) in [6.07, 6.45) is -8.40. The Morgan fingerprint density at radius 1 is 0.886 bits per heavy atom. The third-order valence-corrected chi connectivity index (χ3v) is 6.66. The lowest BCUT2D eigenvalue weighted by Crippen LogP contribution is -2.54. The van der Waals surface area contributed by atoms with E-state index in [1.165, 1.54) is 4.90 Å². The maximum absolute atomic E-state index is 13.4. The lowest BCUT2D eigenvalue weighted by Gasteiger charge is -2.44. The van der Waals surface area contributed by atoms with Crippen LogP contribution < -0.4 is 0 Å². The molecule has 2 aliphatic heterocycles. The molecule has 10 heteroatoms. The second kappa shape index (κ2) is 10.2. The van der Waals surface area contributed by atoms with Gasteiger partial charge >= 0.3 is 12.4 Å². The molecule has 1 amide bonds. The van der Waals surface area contributed by atoms with E-state index in [-0.39, 0.29) is 24.7 Å². The highest BCUT2D eigenvalue weighted by molar-refractivity contribution is 5.95. The Kier molecular flexibility index (Phi) is 7.42. The number of alkyl halides is 6. The molecule has 2 aliphatic rings. The minimum absolute atomic E-state index is 0.0445. The maximum Gasteiger partial charge on any atom is 0.416 e. The van der Waals surface area contributed by atoms with Crippen LogP contribution in [0.3, 0.4) is 0 Å². The van der Waals surface area contributed by atoms with Gasteiger partial charge in [-0.05, 0) is 43.0 Å². The van der Waals surface area contributed by atoms with Crippen LogP contribution in [0.2, 0.25) is 0 Å². The average Bonchev–Trinajstić information content (AvgIpc) is 2.83. The first-order valence-corrected chi connectivity index (χ1v) is 11.5. The molecule has 35 heavy (non-hydrogen) atoms. The van der Waals surface area contributed by atoms with Gasteiger partial charge in [-0.2, -0.15) is 26.3 Å². The Balaban J connectivity index is 1.65. The van der Waals surface area contributed by atoms with Gasteiger partial charge in [0.15, 0.2) is 0 Å². The highest BCUT2D eigenvalue weighted by Gasteiger charge is 2.40. The molecule has 0 unspecified atom stereocenters. The molecule has 2 heterocycles. The molecule has 2 atom stereocenters. The average molecular weight is 500 g/mol. The fraction of sp³-hybridized carbons (Fsp3) is 0.480. The van der Waals surface area contributed by atoms with Crippen LogP contribution in [0.4, 0.5) is 26.3 Å². The predicted octanol–water partition coefficient (Wildman–Crippen LogP) is 5.27. The van der Waals surface area contributed by atoms with E-state index in [0.717, 1.165) is 18.7 Å². The molecule has 2 aromatic rings.